The zero-order valence-corrected chi connectivity index (χ0v) is 9.54. The molecule has 1 amide bonds. The molecule has 6 nitrogen and oxygen atoms in total. The number of aromatic nitrogens is 3. The molecule has 1 heterocycles. The van der Waals surface area contributed by atoms with E-state index >= 15 is 0 Å². The normalized spacial score (nSPS) is 10.3. The van der Waals surface area contributed by atoms with E-state index in [1.807, 2.05) is 6.92 Å². The summed E-state index contributed by atoms with van der Waals surface area (Å²) in [7, 11) is 1.71. The minimum atomic E-state index is -0.240. The molecular formula is C8H14N4O2S. The molecule has 0 aliphatic carbocycles. The van der Waals surface area contributed by atoms with Gasteiger partial charge in [0.2, 0.25) is 5.91 Å². The Balaban J connectivity index is 2.84. The summed E-state index contributed by atoms with van der Waals surface area (Å²) in [5.41, 5.74) is 0. The number of nitrogens with zero attached hydrogens (tertiary/aromatic N) is 3. The fourth-order valence-electron chi connectivity index (χ4n) is 1.07. The molecule has 0 saturated heterocycles. The number of carbonyl (C=O) groups excluding carboxylic acids is 1. The van der Waals surface area contributed by atoms with Gasteiger partial charge in [0, 0.05) is 13.6 Å². The summed E-state index contributed by atoms with van der Waals surface area (Å²) in [5.74, 6) is 0.308. The van der Waals surface area contributed by atoms with Crippen molar-refractivity contribution < 1.29 is 9.90 Å². The molecule has 84 valence electrons. The number of hydrogen-bond acceptors (Lipinski definition) is 4. The molecule has 0 aromatic carbocycles. The van der Waals surface area contributed by atoms with Crippen LogP contribution in [0.2, 0.25) is 0 Å². The topological polar surface area (TPSA) is 74.2 Å². The lowest BCUT2D eigenvalue weighted by Crippen LogP contribution is -2.30. The van der Waals surface area contributed by atoms with E-state index in [0.29, 0.717) is 17.1 Å². The molecule has 0 saturated carbocycles. The molecule has 0 atom stereocenters. The summed E-state index contributed by atoms with van der Waals surface area (Å²) in [4.78, 5) is 13.2. The van der Waals surface area contributed by atoms with Crippen LogP contribution in [0.1, 0.15) is 12.7 Å². The number of rotatable bonds is 4. The number of aliphatic hydroxyl groups excluding tert-OH is 1. The van der Waals surface area contributed by atoms with Crippen molar-refractivity contribution in [1.82, 2.24) is 19.7 Å². The van der Waals surface area contributed by atoms with Gasteiger partial charge in [0.25, 0.3) is 0 Å². The Bertz CT molecular complexity index is 398. The van der Waals surface area contributed by atoms with Crippen molar-refractivity contribution in [3.05, 3.63) is 10.6 Å². The van der Waals surface area contributed by atoms with Gasteiger partial charge in [-0.3, -0.25) is 14.5 Å². The van der Waals surface area contributed by atoms with Crippen LogP contribution in [-0.4, -0.2) is 44.3 Å². The molecule has 1 aromatic heterocycles. The lowest BCUT2D eigenvalue weighted by Gasteiger charge is -2.14. The lowest BCUT2D eigenvalue weighted by molar-refractivity contribution is -0.130. The van der Waals surface area contributed by atoms with Crippen molar-refractivity contribution in [2.24, 2.45) is 0 Å². The molecule has 15 heavy (non-hydrogen) atoms. The summed E-state index contributed by atoms with van der Waals surface area (Å²) in [6.07, 6.45) is 0. The Hall–Kier alpha value is -1.21. The summed E-state index contributed by atoms with van der Waals surface area (Å²) < 4.78 is 1.83. The third-order valence-electron chi connectivity index (χ3n) is 2.17. The van der Waals surface area contributed by atoms with Crippen LogP contribution in [-0.2, 0) is 17.9 Å². The number of carbonyl (C=O) groups is 1. The maximum absolute atomic E-state index is 11.6. The molecule has 0 aliphatic heterocycles. The lowest BCUT2D eigenvalue weighted by atomic mass is 10.5. The van der Waals surface area contributed by atoms with Crippen molar-refractivity contribution in [3.8, 4) is 0 Å². The van der Waals surface area contributed by atoms with E-state index in [1.54, 1.807) is 11.9 Å². The highest BCUT2D eigenvalue weighted by molar-refractivity contribution is 7.71. The molecule has 0 fully saturated rings. The van der Waals surface area contributed by atoms with Crippen LogP contribution >= 0.6 is 12.2 Å². The van der Waals surface area contributed by atoms with Gasteiger partial charge in [-0.05, 0) is 19.1 Å². The number of H-pyrrole nitrogens is 1. The highest BCUT2D eigenvalue weighted by atomic mass is 32.1. The van der Waals surface area contributed by atoms with Gasteiger partial charge in [-0.15, -0.1) is 0 Å². The first-order valence-corrected chi connectivity index (χ1v) is 4.99. The zero-order valence-electron chi connectivity index (χ0n) is 8.73. The van der Waals surface area contributed by atoms with Gasteiger partial charge < -0.3 is 10.0 Å². The quantitative estimate of drug-likeness (QED) is 0.709. The van der Waals surface area contributed by atoms with Crippen LogP contribution in [0, 0.1) is 4.77 Å². The summed E-state index contributed by atoms with van der Waals surface area (Å²) >= 11 is 4.94. The van der Waals surface area contributed by atoms with Crippen molar-refractivity contribution in [3.63, 3.8) is 0 Å². The largest absolute Gasteiger partial charge is 0.388 e. The molecule has 0 aliphatic rings. The molecule has 2 N–H and O–H groups in total. The number of likely N-dealkylation sites (N-methyl/N-ethyl adjacent to an activating group) is 1. The Kier molecular flexibility index (Phi) is 3.98. The maximum Gasteiger partial charge on any atom is 0.242 e. The monoisotopic (exact) mass is 230 g/mol. The second kappa shape index (κ2) is 5.04. The maximum atomic E-state index is 11.6. The van der Waals surface area contributed by atoms with Gasteiger partial charge >= 0.3 is 0 Å². The SMILES string of the molecule is CCN(C)C(=O)Cn1c(CO)n[nH]c1=S. The van der Waals surface area contributed by atoms with Gasteiger partial charge in [-0.2, -0.15) is 5.10 Å². The number of nitrogens with one attached hydrogen (secondary N) is 1. The van der Waals surface area contributed by atoms with Gasteiger partial charge in [-0.25, -0.2) is 0 Å². The van der Waals surface area contributed by atoms with Crippen LogP contribution in [0.3, 0.4) is 0 Å². The van der Waals surface area contributed by atoms with Crippen LogP contribution in [0.4, 0.5) is 0 Å². The van der Waals surface area contributed by atoms with Crippen LogP contribution in [0.15, 0.2) is 0 Å². The minimum absolute atomic E-state index is 0.0651. The van der Waals surface area contributed by atoms with Gasteiger partial charge in [0.15, 0.2) is 10.6 Å². The highest BCUT2D eigenvalue weighted by Gasteiger charge is 2.11. The first-order chi connectivity index (χ1) is 7.10. The molecule has 0 spiro atoms. The van der Waals surface area contributed by atoms with E-state index in [2.05, 4.69) is 10.2 Å². The first kappa shape index (κ1) is 11.9. The fraction of sp³-hybridized carbons (Fsp3) is 0.625. The third-order valence-corrected chi connectivity index (χ3v) is 2.48. The number of aliphatic hydroxyl groups is 1. The zero-order chi connectivity index (χ0) is 11.4. The second-order valence-corrected chi connectivity index (χ2v) is 3.48. The summed E-state index contributed by atoms with van der Waals surface area (Å²) in [6.45, 7) is 2.39. The van der Waals surface area contributed by atoms with E-state index in [0.717, 1.165) is 0 Å². The van der Waals surface area contributed by atoms with Gasteiger partial charge in [0.1, 0.15) is 13.2 Å². The standard InChI is InChI=1S/C8H14N4O2S/c1-3-11(2)7(14)4-12-6(5-13)9-10-8(12)15/h13H,3-5H2,1-2H3,(H,10,15). The number of hydrogen-bond donors (Lipinski definition) is 2. The molecule has 0 radical (unpaired) electrons. The number of aromatic amines is 1. The summed E-state index contributed by atoms with van der Waals surface area (Å²) in [5, 5.41) is 15.3. The molecular weight excluding hydrogens is 216 g/mol. The van der Waals surface area contributed by atoms with Gasteiger partial charge in [-0.1, -0.05) is 0 Å². The van der Waals surface area contributed by atoms with E-state index in [9.17, 15) is 4.79 Å². The van der Waals surface area contributed by atoms with Gasteiger partial charge in [0.05, 0.1) is 0 Å². The van der Waals surface area contributed by atoms with E-state index < -0.39 is 0 Å². The van der Waals surface area contributed by atoms with Crippen molar-refractivity contribution >= 4 is 18.1 Å². The van der Waals surface area contributed by atoms with E-state index in [1.165, 1.54) is 4.57 Å². The smallest absolute Gasteiger partial charge is 0.242 e. The molecule has 1 aromatic rings. The average molecular weight is 230 g/mol. The third kappa shape index (κ3) is 2.63. The Morgan fingerprint density at radius 2 is 2.40 bits per heavy atom. The highest BCUT2D eigenvalue weighted by Crippen LogP contribution is 1.99. The first-order valence-electron chi connectivity index (χ1n) is 4.59. The van der Waals surface area contributed by atoms with Crippen LogP contribution in [0.25, 0.3) is 0 Å². The minimum Gasteiger partial charge on any atom is -0.388 e. The molecule has 0 unspecified atom stereocenters. The fourth-order valence-corrected chi connectivity index (χ4v) is 1.28. The van der Waals surface area contributed by atoms with E-state index in [-0.39, 0.29) is 19.1 Å². The Morgan fingerprint density at radius 1 is 1.73 bits per heavy atom. The van der Waals surface area contributed by atoms with E-state index in [4.69, 9.17) is 17.3 Å². The van der Waals surface area contributed by atoms with Crippen LogP contribution < -0.4 is 0 Å². The molecule has 7 heteroatoms. The second-order valence-electron chi connectivity index (χ2n) is 3.10. The molecule has 0 bridgehead atoms. The van der Waals surface area contributed by atoms with Crippen molar-refractivity contribution in [1.29, 1.82) is 0 Å². The number of amides is 1. The average Bonchev–Trinajstić information content (AvgIpc) is 2.59. The molecule has 1 rings (SSSR count). The van der Waals surface area contributed by atoms with Crippen molar-refractivity contribution in [2.75, 3.05) is 13.6 Å². The van der Waals surface area contributed by atoms with Crippen LogP contribution in [0.5, 0.6) is 0 Å². The summed E-state index contributed by atoms with van der Waals surface area (Å²) in [6, 6.07) is 0. The predicted octanol–water partition coefficient (Wildman–Crippen LogP) is -0.0887. The predicted molar refractivity (Wildman–Crippen MR) is 56.6 cm³/mol. The Labute approximate surface area is 92.5 Å². The van der Waals surface area contributed by atoms with Crippen molar-refractivity contribution in [2.45, 2.75) is 20.1 Å². The Morgan fingerprint density at radius 3 is 2.93 bits per heavy atom.